The maximum absolute atomic E-state index is 12.6. The average molecular weight is 290 g/mol. The number of unbranched alkanes of at least 4 members (excludes halogenated alkanes) is 1. The van der Waals surface area contributed by atoms with Gasteiger partial charge in [-0.25, -0.2) is 0 Å². The highest BCUT2D eigenvalue weighted by atomic mass is 16.3. The second-order valence-corrected chi connectivity index (χ2v) is 5.74. The summed E-state index contributed by atoms with van der Waals surface area (Å²) < 4.78 is 0. The zero-order chi connectivity index (χ0) is 15.1. The number of carbonyl (C=O) groups is 1. The quantitative estimate of drug-likeness (QED) is 0.808. The summed E-state index contributed by atoms with van der Waals surface area (Å²) >= 11 is 0. The molecule has 2 N–H and O–H groups in total. The molecule has 2 atom stereocenters. The van der Waals surface area contributed by atoms with E-state index in [1.54, 1.807) is 12.1 Å². The Hall–Kier alpha value is -1.39. The maximum atomic E-state index is 12.6. The Morgan fingerprint density at radius 1 is 1.43 bits per heavy atom. The number of benzene rings is 1. The Labute approximate surface area is 127 Å². The van der Waals surface area contributed by atoms with Crippen LogP contribution in [-0.4, -0.2) is 41.6 Å². The van der Waals surface area contributed by atoms with Crippen LogP contribution in [0.5, 0.6) is 0 Å². The van der Waals surface area contributed by atoms with Gasteiger partial charge in [0, 0.05) is 19.1 Å². The fourth-order valence-corrected chi connectivity index (χ4v) is 2.77. The summed E-state index contributed by atoms with van der Waals surface area (Å²) in [6.45, 7) is 4.56. The Balaban J connectivity index is 2.01. The molecule has 0 aromatic heterocycles. The molecule has 0 radical (unpaired) electrons. The van der Waals surface area contributed by atoms with Gasteiger partial charge in [-0.2, -0.15) is 0 Å². The number of carbonyl (C=O) groups excluding carboxylic acids is 1. The number of aliphatic hydroxyl groups excluding tert-OH is 1. The first-order valence-corrected chi connectivity index (χ1v) is 7.97. The molecule has 0 aliphatic carbocycles. The molecule has 2 unspecified atom stereocenters. The van der Waals surface area contributed by atoms with E-state index in [-0.39, 0.29) is 5.91 Å². The van der Waals surface area contributed by atoms with Crippen LogP contribution in [0.15, 0.2) is 30.3 Å². The minimum atomic E-state index is -1.05. The van der Waals surface area contributed by atoms with E-state index in [9.17, 15) is 9.90 Å². The van der Waals surface area contributed by atoms with Crippen LogP contribution in [0.4, 0.5) is 0 Å². The normalized spacial score (nSPS) is 19.4. The molecule has 1 fully saturated rings. The molecule has 1 saturated heterocycles. The highest BCUT2D eigenvalue weighted by Gasteiger charge is 2.26. The van der Waals surface area contributed by atoms with Gasteiger partial charge in [-0.05, 0) is 31.4 Å². The number of nitrogens with one attached hydrogen (secondary N) is 1. The lowest BCUT2D eigenvalue weighted by molar-refractivity contribution is -0.141. The van der Waals surface area contributed by atoms with E-state index in [0.29, 0.717) is 18.2 Å². The zero-order valence-electron chi connectivity index (χ0n) is 12.8. The van der Waals surface area contributed by atoms with Crippen LogP contribution < -0.4 is 5.32 Å². The summed E-state index contributed by atoms with van der Waals surface area (Å²) in [4.78, 5) is 14.4. The molecule has 0 saturated carbocycles. The van der Waals surface area contributed by atoms with Crippen LogP contribution >= 0.6 is 0 Å². The number of amides is 1. The van der Waals surface area contributed by atoms with E-state index in [4.69, 9.17) is 0 Å². The van der Waals surface area contributed by atoms with Crippen molar-refractivity contribution in [2.45, 2.75) is 44.8 Å². The molecular formula is C17H26N2O2. The van der Waals surface area contributed by atoms with E-state index in [1.807, 2.05) is 23.1 Å². The Morgan fingerprint density at radius 3 is 2.81 bits per heavy atom. The second-order valence-electron chi connectivity index (χ2n) is 5.74. The Morgan fingerprint density at radius 2 is 2.19 bits per heavy atom. The van der Waals surface area contributed by atoms with E-state index in [0.717, 1.165) is 32.4 Å². The summed E-state index contributed by atoms with van der Waals surface area (Å²) in [5, 5.41) is 13.7. The summed E-state index contributed by atoms with van der Waals surface area (Å²) in [6.07, 6.45) is 3.24. The molecule has 4 heteroatoms. The van der Waals surface area contributed by atoms with E-state index in [1.165, 1.54) is 6.42 Å². The molecule has 0 spiro atoms. The zero-order valence-corrected chi connectivity index (χ0v) is 12.8. The van der Waals surface area contributed by atoms with Crippen LogP contribution in [0.25, 0.3) is 0 Å². The highest BCUT2D eigenvalue weighted by molar-refractivity contribution is 5.82. The van der Waals surface area contributed by atoms with Crippen LogP contribution in [0.1, 0.15) is 44.3 Å². The van der Waals surface area contributed by atoms with Gasteiger partial charge in [-0.15, -0.1) is 0 Å². The molecule has 1 aliphatic heterocycles. The number of hydrogen-bond donors (Lipinski definition) is 2. The standard InChI is InChI=1S/C17H26N2O2/c1-2-3-12-19(13-15-10-7-11-18-15)17(21)16(20)14-8-5-4-6-9-14/h4-6,8-9,15-16,18,20H,2-3,7,10-13H2,1H3. The SMILES string of the molecule is CCCCN(CC1CCCN1)C(=O)C(O)c1ccccc1. The van der Waals surface area contributed by atoms with Gasteiger partial charge < -0.3 is 15.3 Å². The molecule has 1 aromatic rings. The average Bonchev–Trinajstić information content (AvgIpc) is 3.04. The van der Waals surface area contributed by atoms with Crippen LogP contribution in [0.2, 0.25) is 0 Å². The first-order chi connectivity index (χ1) is 10.2. The number of rotatable bonds is 7. The van der Waals surface area contributed by atoms with Crippen molar-refractivity contribution >= 4 is 5.91 Å². The lowest BCUT2D eigenvalue weighted by atomic mass is 10.1. The van der Waals surface area contributed by atoms with Gasteiger partial charge in [0.25, 0.3) is 5.91 Å². The van der Waals surface area contributed by atoms with Gasteiger partial charge in [0.05, 0.1) is 0 Å². The summed E-state index contributed by atoms with van der Waals surface area (Å²) in [5.41, 5.74) is 0.670. The fourth-order valence-electron chi connectivity index (χ4n) is 2.77. The molecule has 0 bridgehead atoms. The minimum Gasteiger partial charge on any atom is -0.378 e. The summed E-state index contributed by atoms with van der Waals surface area (Å²) in [7, 11) is 0. The van der Waals surface area contributed by atoms with E-state index >= 15 is 0 Å². The third-order valence-electron chi connectivity index (χ3n) is 4.05. The number of nitrogens with zero attached hydrogens (tertiary/aromatic N) is 1. The van der Waals surface area contributed by atoms with Crippen LogP contribution in [0.3, 0.4) is 0 Å². The molecule has 1 aromatic carbocycles. The van der Waals surface area contributed by atoms with Crippen LogP contribution in [-0.2, 0) is 4.79 Å². The van der Waals surface area contributed by atoms with E-state index < -0.39 is 6.10 Å². The summed E-state index contributed by atoms with van der Waals surface area (Å²) in [6, 6.07) is 9.55. The molecular weight excluding hydrogens is 264 g/mol. The van der Waals surface area contributed by atoms with Gasteiger partial charge in [-0.1, -0.05) is 43.7 Å². The molecule has 1 aliphatic rings. The van der Waals surface area contributed by atoms with Gasteiger partial charge in [-0.3, -0.25) is 4.79 Å². The lowest BCUT2D eigenvalue weighted by Crippen LogP contribution is -2.43. The van der Waals surface area contributed by atoms with Crippen LogP contribution in [0, 0.1) is 0 Å². The Bertz CT molecular complexity index is 430. The van der Waals surface area contributed by atoms with Crippen molar-refractivity contribution in [2.75, 3.05) is 19.6 Å². The Kier molecular flexibility index (Phi) is 6.21. The van der Waals surface area contributed by atoms with Crippen molar-refractivity contribution < 1.29 is 9.90 Å². The van der Waals surface area contributed by atoms with Crippen molar-refractivity contribution in [3.05, 3.63) is 35.9 Å². The molecule has 2 rings (SSSR count). The molecule has 21 heavy (non-hydrogen) atoms. The third kappa shape index (κ3) is 4.55. The third-order valence-corrected chi connectivity index (χ3v) is 4.05. The van der Waals surface area contributed by atoms with Crippen molar-refractivity contribution in [2.24, 2.45) is 0 Å². The monoisotopic (exact) mass is 290 g/mol. The summed E-state index contributed by atoms with van der Waals surface area (Å²) in [5.74, 6) is -0.177. The minimum absolute atomic E-state index is 0.177. The number of aliphatic hydroxyl groups is 1. The predicted octanol–water partition coefficient (Wildman–Crippen LogP) is 2.10. The van der Waals surface area contributed by atoms with Gasteiger partial charge in [0.15, 0.2) is 6.10 Å². The molecule has 1 heterocycles. The highest BCUT2D eigenvalue weighted by Crippen LogP contribution is 2.17. The molecule has 4 nitrogen and oxygen atoms in total. The van der Waals surface area contributed by atoms with Crippen molar-refractivity contribution in [1.82, 2.24) is 10.2 Å². The topological polar surface area (TPSA) is 52.6 Å². The fraction of sp³-hybridized carbons (Fsp3) is 0.588. The molecule has 1 amide bonds. The molecule has 116 valence electrons. The van der Waals surface area contributed by atoms with Crippen molar-refractivity contribution in [3.8, 4) is 0 Å². The maximum Gasteiger partial charge on any atom is 0.256 e. The van der Waals surface area contributed by atoms with Gasteiger partial charge in [0.1, 0.15) is 0 Å². The first kappa shape index (κ1) is 16.0. The van der Waals surface area contributed by atoms with Crippen molar-refractivity contribution in [3.63, 3.8) is 0 Å². The van der Waals surface area contributed by atoms with Gasteiger partial charge >= 0.3 is 0 Å². The predicted molar refractivity (Wildman–Crippen MR) is 83.9 cm³/mol. The lowest BCUT2D eigenvalue weighted by Gasteiger charge is -2.28. The largest absolute Gasteiger partial charge is 0.378 e. The van der Waals surface area contributed by atoms with Gasteiger partial charge in [0.2, 0.25) is 0 Å². The smallest absolute Gasteiger partial charge is 0.256 e. The number of hydrogen-bond acceptors (Lipinski definition) is 3. The van der Waals surface area contributed by atoms with E-state index in [2.05, 4.69) is 12.2 Å². The second kappa shape index (κ2) is 8.15. The first-order valence-electron chi connectivity index (χ1n) is 7.97. The van der Waals surface area contributed by atoms with Crippen molar-refractivity contribution in [1.29, 1.82) is 0 Å².